The van der Waals surface area contributed by atoms with E-state index in [1.165, 1.54) is 18.2 Å². The van der Waals surface area contributed by atoms with Gasteiger partial charge < -0.3 is 15.2 Å². The summed E-state index contributed by atoms with van der Waals surface area (Å²) in [4.78, 5) is 23.4. The highest BCUT2D eigenvalue weighted by Crippen LogP contribution is 2.24. The summed E-state index contributed by atoms with van der Waals surface area (Å²) in [5.74, 6) is -0.449. The van der Waals surface area contributed by atoms with E-state index >= 15 is 0 Å². The van der Waals surface area contributed by atoms with Crippen molar-refractivity contribution in [2.24, 2.45) is 0 Å². The molecule has 2 aromatic rings. The lowest BCUT2D eigenvalue weighted by atomic mass is 10.2. The molecule has 7 heteroatoms. The molecule has 0 aromatic heterocycles. The molecule has 0 heterocycles. The van der Waals surface area contributed by atoms with Gasteiger partial charge in [0, 0.05) is 16.9 Å². The monoisotopic (exact) mass is 334 g/mol. The van der Waals surface area contributed by atoms with Crippen molar-refractivity contribution in [1.82, 2.24) is 0 Å². The van der Waals surface area contributed by atoms with Gasteiger partial charge in [0.2, 0.25) is 0 Å². The number of anilines is 2. The SMILES string of the molecule is CCOC(=O)Nc1ccc(NC(=O)c2ccc(O)c(Cl)c2)cc1. The number of carbonyl (C=O) groups excluding carboxylic acids is 2. The first-order valence-corrected chi connectivity index (χ1v) is 7.21. The minimum Gasteiger partial charge on any atom is -0.506 e. The summed E-state index contributed by atoms with van der Waals surface area (Å²) in [5.41, 5.74) is 1.42. The van der Waals surface area contributed by atoms with Crippen LogP contribution in [0.15, 0.2) is 42.5 Å². The predicted molar refractivity (Wildman–Crippen MR) is 88.2 cm³/mol. The molecule has 2 aromatic carbocycles. The Morgan fingerprint density at radius 2 is 1.70 bits per heavy atom. The van der Waals surface area contributed by atoms with E-state index in [1.54, 1.807) is 31.2 Å². The van der Waals surface area contributed by atoms with Gasteiger partial charge >= 0.3 is 6.09 Å². The number of benzene rings is 2. The van der Waals surface area contributed by atoms with Gasteiger partial charge in [-0.2, -0.15) is 0 Å². The van der Waals surface area contributed by atoms with Crippen LogP contribution in [0.5, 0.6) is 5.75 Å². The van der Waals surface area contributed by atoms with E-state index in [0.29, 0.717) is 16.9 Å². The molecule has 0 radical (unpaired) electrons. The Balaban J connectivity index is 2.01. The van der Waals surface area contributed by atoms with E-state index in [0.717, 1.165) is 0 Å². The summed E-state index contributed by atoms with van der Waals surface area (Å²) in [6.07, 6.45) is -0.539. The molecule has 0 bridgehead atoms. The fraction of sp³-hybridized carbons (Fsp3) is 0.125. The predicted octanol–water partition coefficient (Wildman–Crippen LogP) is 3.87. The normalized spacial score (nSPS) is 10.0. The summed E-state index contributed by atoms with van der Waals surface area (Å²) in [6, 6.07) is 10.7. The number of carbonyl (C=O) groups is 2. The van der Waals surface area contributed by atoms with Crippen molar-refractivity contribution in [1.29, 1.82) is 0 Å². The molecule has 0 spiro atoms. The Hall–Kier alpha value is -2.73. The first-order chi connectivity index (χ1) is 11.0. The van der Waals surface area contributed by atoms with Crippen molar-refractivity contribution in [3.05, 3.63) is 53.1 Å². The first-order valence-electron chi connectivity index (χ1n) is 6.83. The van der Waals surface area contributed by atoms with E-state index in [-0.39, 0.29) is 23.3 Å². The lowest BCUT2D eigenvalue weighted by Crippen LogP contribution is -2.14. The standard InChI is InChI=1S/C16H15ClN2O4/c1-2-23-16(22)19-12-6-4-11(5-7-12)18-15(21)10-3-8-14(20)13(17)9-10/h3-9,20H,2H2,1H3,(H,18,21)(H,19,22). The Morgan fingerprint density at radius 3 is 2.26 bits per heavy atom. The van der Waals surface area contributed by atoms with Crippen LogP contribution in [-0.2, 0) is 4.74 Å². The second kappa shape index (κ2) is 7.51. The lowest BCUT2D eigenvalue weighted by molar-refractivity contribution is 0.102. The molecule has 0 aliphatic carbocycles. The number of hydrogen-bond donors (Lipinski definition) is 3. The van der Waals surface area contributed by atoms with Crippen molar-refractivity contribution in [2.45, 2.75) is 6.92 Å². The summed E-state index contributed by atoms with van der Waals surface area (Å²) < 4.78 is 4.77. The zero-order valence-electron chi connectivity index (χ0n) is 12.3. The van der Waals surface area contributed by atoms with Gasteiger partial charge in [-0.1, -0.05) is 11.6 Å². The lowest BCUT2D eigenvalue weighted by Gasteiger charge is -2.08. The first kappa shape index (κ1) is 16.6. The third-order valence-electron chi connectivity index (χ3n) is 2.87. The second-order valence-corrected chi connectivity index (χ2v) is 4.95. The Morgan fingerprint density at radius 1 is 1.09 bits per heavy atom. The van der Waals surface area contributed by atoms with E-state index in [1.807, 2.05) is 0 Å². The molecule has 0 aliphatic heterocycles. The summed E-state index contributed by atoms with van der Waals surface area (Å²) >= 11 is 5.77. The molecule has 0 fully saturated rings. The number of rotatable bonds is 4. The molecule has 120 valence electrons. The van der Waals surface area contributed by atoms with Crippen LogP contribution in [0.2, 0.25) is 5.02 Å². The molecule has 2 rings (SSSR count). The van der Waals surface area contributed by atoms with Crippen LogP contribution in [0, 0.1) is 0 Å². The molecular weight excluding hydrogens is 320 g/mol. The minimum atomic E-state index is -0.539. The highest BCUT2D eigenvalue weighted by atomic mass is 35.5. The van der Waals surface area contributed by atoms with Gasteiger partial charge in [-0.3, -0.25) is 10.1 Å². The average Bonchev–Trinajstić information content (AvgIpc) is 2.52. The molecule has 0 saturated heterocycles. The van der Waals surface area contributed by atoms with Crippen molar-refractivity contribution < 1.29 is 19.4 Å². The maximum absolute atomic E-state index is 12.1. The third-order valence-corrected chi connectivity index (χ3v) is 3.18. The van der Waals surface area contributed by atoms with Crippen molar-refractivity contribution in [3.8, 4) is 5.75 Å². The maximum atomic E-state index is 12.1. The molecular formula is C16H15ClN2O4. The molecule has 6 nitrogen and oxygen atoms in total. The van der Waals surface area contributed by atoms with Crippen LogP contribution in [0.3, 0.4) is 0 Å². The van der Waals surface area contributed by atoms with Gasteiger partial charge in [-0.25, -0.2) is 4.79 Å². The van der Waals surface area contributed by atoms with Crippen LogP contribution in [0.1, 0.15) is 17.3 Å². The molecule has 0 aliphatic rings. The minimum absolute atomic E-state index is 0.0855. The largest absolute Gasteiger partial charge is 0.506 e. The van der Waals surface area contributed by atoms with Crippen molar-refractivity contribution in [2.75, 3.05) is 17.2 Å². The number of phenolic OH excluding ortho intramolecular Hbond substituents is 1. The fourth-order valence-electron chi connectivity index (χ4n) is 1.77. The number of phenols is 1. The van der Waals surface area contributed by atoms with E-state index < -0.39 is 6.09 Å². The van der Waals surface area contributed by atoms with Crippen LogP contribution < -0.4 is 10.6 Å². The number of hydrogen-bond acceptors (Lipinski definition) is 4. The number of nitrogens with one attached hydrogen (secondary N) is 2. The zero-order chi connectivity index (χ0) is 16.8. The smallest absolute Gasteiger partial charge is 0.411 e. The number of amides is 2. The fourth-order valence-corrected chi connectivity index (χ4v) is 1.95. The molecule has 0 atom stereocenters. The van der Waals surface area contributed by atoms with Crippen molar-refractivity contribution in [3.63, 3.8) is 0 Å². The Labute approximate surface area is 138 Å². The van der Waals surface area contributed by atoms with Crippen LogP contribution in [0.4, 0.5) is 16.2 Å². The summed E-state index contributed by atoms with van der Waals surface area (Å²) in [5, 5.41) is 14.7. The van der Waals surface area contributed by atoms with Gasteiger partial charge in [-0.15, -0.1) is 0 Å². The molecule has 0 unspecified atom stereocenters. The quantitative estimate of drug-likeness (QED) is 0.792. The van der Waals surface area contributed by atoms with E-state index in [2.05, 4.69) is 10.6 Å². The van der Waals surface area contributed by atoms with Crippen LogP contribution >= 0.6 is 11.6 Å². The molecule has 0 saturated carbocycles. The van der Waals surface area contributed by atoms with Crippen molar-refractivity contribution >= 4 is 35.0 Å². The number of aromatic hydroxyl groups is 1. The zero-order valence-corrected chi connectivity index (χ0v) is 13.1. The van der Waals surface area contributed by atoms with Crippen LogP contribution in [-0.4, -0.2) is 23.7 Å². The number of ether oxygens (including phenoxy) is 1. The van der Waals surface area contributed by atoms with Gasteiger partial charge in [0.15, 0.2) is 0 Å². The van der Waals surface area contributed by atoms with Gasteiger partial charge in [0.05, 0.1) is 11.6 Å². The van der Waals surface area contributed by atoms with E-state index in [4.69, 9.17) is 16.3 Å². The van der Waals surface area contributed by atoms with Gasteiger partial charge in [0.25, 0.3) is 5.91 Å². The average molecular weight is 335 g/mol. The molecule has 2 amide bonds. The second-order valence-electron chi connectivity index (χ2n) is 4.54. The highest BCUT2D eigenvalue weighted by Gasteiger charge is 2.09. The topological polar surface area (TPSA) is 87.7 Å². The maximum Gasteiger partial charge on any atom is 0.411 e. The third kappa shape index (κ3) is 4.62. The van der Waals surface area contributed by atoms with Gasteiger partial charge in [0.1, 0.15) is 5.75 Å². The summed E-state index contributed by atoms with van der Waals surface area (Å²) in [6.45, 7) is 2.00. The highest BCUT2D eigenvalue weighted by molar-refractivity contribution is 6.32. The Bertz CT molecular complexity index is 717. The Kier molecular flexibility index (Phi) is 5.43. The molecule has 23 heavy (non-hydrogen) atoms. The van der Waals surface area contributed by atoms with E-state index in [9.17, 15) is 14.7 Å². The summed E-state index contributed by atoms with van der Waals surface area (Å²) in [7, 11) is 0. The van der Waals surface area contributed by atoms with Gasteiger partial charge in [-0.05, 0) is 49.4 Å². The molecule has 3 N–H and O–H groups in total. The number of halogens is 1. The van der Waals surface area contributed by atoms with Crippen LogP contribution in [0.25, 0.3) is 0 Å².